The van der Waals surface area contributed by atoms with E-state index in [0.29, 0.717) is 36.0 Å². The minimum absolute atomic E-state index is 0.0329. The van der Waals surface area contributed by atoms with Crippen molar-refractivity contribution in [3.8, 4) is 17.2 Å². The number of hydrogen-bond acceptors (Lipinski definition) is 6. The third kappa shape index (κ3) is 4.18. The molecule has 3 aromatic carbocycles. The first kappa shape index (κ1) is 24.9. The molecule has 5 aromatic rings. The Kier molecular flexibility index (Phi) is 6.41. The Morgan fingerprint density at radius 3 is 2.51 bits per heavy atom. The molecule has 0 aliphatic carbocycles. The number of aryl methyl sites for hydroxylation is 2. The second kappa shape index (κ2) is 10.0. The third-order valence-electron chi connectivity index (χ3n) is 7.90. The Bertz CT molecular complexity index is 1720. The van der Waals surface area contributed by atoms with Crippen molar-refractivity contribution in [1.29, 1.82) is 5.26 Å². The summed E-state index contributed by atoms with van der Waals surface area (Å²) in [6.07, 6.45) is 1.82. The molecule has 1 saturated heterocycles. The lowest BCUT2D eigenvalue weighted by molar-refractivity contribution is 0.0553. The van der Waals surface area contributed by atoms with Gasteiger partial charge in [0, 0.05) is 29.5 Å². The van der Waals surface area contributed by atoms with Crippen LogP contribution >= 0.6 is 0 Å². The fourth-order valence-electron chi connectivity index (χ4n) is 6.16. The molecule has 1 aliphatic heterocycles. The molecular weight excluding hydrogens is 490 g/mol. The summed E-state index contributed by atoms with van der Waals surface area (Å²) in [6.45, 7) is 5.20. The highest BCUT2D eigenvalue weighted by molar-refractivity contribution is 6.13. The molecule has 0 amide bonds. The Morgan fingerprint density at radius 1 is 1.08 bits per heavy atom. The summed E-state index contributed by atoms with van der Waals surface area (Å²) in [4.78, 5) is 12.6. The highest BCUT2D eigenvalue weighted by Crippen LogP contribution is 2.43. The van der Waals surface area contributed by atoms with Gasteiger partial charge in [-0.25, -0.2) is 4.79 Å². The van der Waals surface area contributed by atoms with E-state index in [9.17, 15) is 10.1 Å². The maximum atomic E-state index is 12.6. The van der Waals surface area contributed by atoms with E-state index in [-0.39, 0.29) is 6.04 Å². The molecule has 3 heterocycles. The molecule has 0 saturated carbocycles. The van der Waals surface area contributed by atoms with Crippen molar-refractivity contribution in [2.24, 2.45) is 5.92 Å². The van der Waals surface area contributed by atoms with Gasteiger partial charge >= 0.3 is 5.97 Å². The van der Waals surface area contributed by atoms with Gasteiger partial charge in [-0.3, -0.25) is 0 Å². The van der Waals surface area contributed by atoms with Gasteiger partial charge < -0.3 is 18.6 Å². The van der Waals surface area contributed by atoms with E-state index in [1.807, 2.05) is 38.1 Å². The number of ether oxygens (including phenoxy) is 2. The molecular formula is C32H29N3O4. The molecule has 7 heteroatoms. The minimum Gasteiger partial charge on any atom is -0.465 e. The van der Waals surface area contributed by atoms with E-state index in [2.05, 4.69) is 46.1 Å². The Hall–Kier alpha value is -4.41. The normalized spacial score (nSPS) is 14.9. The van der Waals surface area contributed by atoms with Crippen LogP contribution in [-0.2, 0) is 9.47 Å². The first-order chi connectivity index (χ1) is 19.0. The highest BCUT2D eigenvalue weighted by atomic mass is 16.5. The predicted molar refractivity (Wildman–Crippen MR) is 149 cm³/mol. The van der Waals surface area contributed by atoms with Crippen molar-refractivity contribution in [2.45, 2.75) is 32.7 Å². The van der Waals surface area contributed by atoms with Crippen LogP contribution in [0.1, 0.15) is 51.8 Å². The predicted octanol–water partition coefficient (Wildman–Crippen LogP) is 6.74. The summed E-state index contributed by atoms with van der Waals surface area (Å²) in [7, 11) is 1.39. The average Bonchev–Trinajstić information content (AvgIpc) is 3.49. The van der Waals surface area contributed by atoms with Gasteiger partial charge in [-0.05, 0) is 68.0 Å². The van der Waals surface area contributed by atoms with Gasteiger partial charge in [0.15, 0.2) is 0 Å². The van der Waals surface area contributed by atoms with E-state index < -0.39 is 5.97 Å². The molecule has 0 radical (unpaired) electrons. The molecule has 7 nitrogen and oxygen atoms in total. The second-order valence-electron chi connectivity index (χ2n) is 10.1. The number of nitrogens with zero attached hydrogens (tertiary/aromatic N) is 3. The number of nitriles is 1. The third-order valence-corrected chi connectivity index (χ3v) is 7.90. The van der Waals surface area contributed by atoms with Gasteiger partial charge in [0.25, 0.3) is 0 Å². The zero-order valence-electron chi connectivity index (χ0n) is 22.2. The molecule has 0 bridgehead atoms. The molecule has 2 aromatic heterocycles. The SMILES string of the molecule is COC(=O)c1ccc2c3c(C#N)cc(-c4c(C)noc4C)cc3n(C(c3ccccc3)C3CCOCC3)c2c1. The van der Waals surface area contributed by atoms with Gasteiger partial charge in [-0.15, -0.1) is 0 Å². The van der Waals surface area contributed by atoms with Gasteiger partial charge in [0.1, 0.15) is 5.76 Å². The molecule has 1 unspecified atom stereocenters. The summed E-state index contributed by atoms with van der Waals surface area (Å²) in [5.74, 6) is 0.610. The second-order valence-corrected chi connectivity index (χ2v) is 10.1. The number of methoxy groups -OCH3 is 1. The summed E-state index contributed by atoms with van der Waals surface area (Å²) < 4.78 is 18.6. The van der Waals surface area contributed by atoms with Crippen molar-refractivity contribution < 1.29 is 18.8 Å². The van der Waals surface area contributed by atoms with E-state index in [0.717, 1.165) is 51.5 Å². The topological polar surface area (TPSA) is 90.3 Å². The van der Waals surface area contributed by atoms with Crippen LogP contribution in [0.25, 0.3) is 32.9 Å². The lowest BCUT2D eigenvalue weighted by Crippen LogP contribution is -2.27. The van der Waals surface area contributed by atoms with Crippen molar-refractivity contribution in [3.63, 3.8) is 0 Å². The zero-order valence-corrected chi connectivity index (χ0v) is 22.2. The van der Waals surface area contributed by atoms with Crippen molar-refractivity contribution >= 4 is 27.8 Å². The zero-order chi connectivity index (χ0) is 27.1. The molecule has 196 valence electrons. The monoisotopic (exact) mass is 519 g/mol. The van der Waals surface area contributed by atoms with E-state index in [1.54, 1.807) is 6.07 Å². The number of hydrogen-bond donors (Lipinski definition) is 0. The number of carbonyl (C=O) groups excluding carboxylic acids is 1. The molecule has 39 heavy (non-hydrogen) atoms. The van der Waals surface area contributed by atoms with Crippen molar-refractivity contribution in [3.05, 3.63) is 88.8 Å². The first-order valence-electron chi connectivity index (χ1n) is 13.2. The number of esters is 1. The van der Waals surface area contributed by atoms with Crippen LogP contribution in [0.4, 0.5) is 0 Å². The summed E-state index contributed by atoms with van der Waals surface area (Å²) in [5, 5.41) is 16.3. The summed E-state index contributed by atoms with van der Waals surface area (Å²) >= 11 is 0. The molecule has 1 aliphatic rings. The highest BCUT2D eigenvalue weighted by Gasteiger charge is 2.31. The lowest BCUT2D eigenvalue weighted by Gasteiger charge is -2.33. The molecule has 0 N–H and O–H groups in total. The lowest BCUT2D eigenvalue weighted by atomic mass is 9.86. The summed E-state index contributed by atoms with van der Waals surface area (Å²) in [5.41, 5.74) is 6.58. The maximum Gasteiger partial charge on any atom is 0.337 e. The van der Waals surface area contributed by atoms with Gasteiger partial charge in [0.05, 0.1) is 47.1 Å². The van der Waals surface area contributed by atoms with E-state index in [4.69, 9.17) is 14.0 Å². The molecule has 6 rings (SSSR count). The largest absolute Gasteiger partial charge is 0.465 e. The Balaban J connectivity index is 1.75. The molecule has 0 spiro atoms. The average molecular weight is 520 g/mol. The van der Waals surface area contributed by atoms with Crippen LogP contribution in [0.3, 0.4) is 0 Å². The Labute approximate surface area is 226 Å². The number of carbonyl (C=O) groups is 1. The first-order valence-corrected chi connectivity index (χ1v) is 13.2. The maximum absolute atomic E-state index is 12.6. The quantitative estimate of drug-likeness (QED) is 0.239. The van der Waals surface area contributed by atoms with E-state index >= 15 is 0 Å². The van der Waals surface area contributed by atoms with Crippen molar-refractivity contribution in [2.75, 3.05) is 20.3 Å². The number of fused-ring (bicyclic) bond motifs is 3. The number of benzene rings is 3. The number of rotatable bonds is 5. The van der Waals surface area contributed by atoms with Crippen LogP contribution in [0.5, 0.6) is 0 Å². The minimum atomic E-state index is -0.395. The molecule has 1 atom stereocenters. The van der Waals surface area contributed by atoms with Gasteiger partial charge in [0.2, 0.25) is 0 Å². The van der Waals surface area contributed by atoms with Crippen LogP contribution < -0.4 is 0 Å². The van der Waals surface area contributed by atoms with Crippen LogP contribution in [0.15, 0.2) is 65.2 Å². The standard InChI is InChI=1S/C32H29N3O4/c1-19-29(20(2)39-34-19)24-15-25(18-33)30-26-10-9-23(32(36)37-3)16-27(26)35(28(30)17-24)31(21-7-5-4-6-8-21)22-11-13-38-14-12-22/h4-10,15-17,22,31H,11-14H2,1-3H3. The van der Waals surface area contributed by atoms with Crippen LogP contribution in [0, 0.1) is 31.1 Å². The van der Waals surface area contributed by atoms with Gasteiger partial charge in [-0.1, -0.05) is 41.6 Å². The Morgan fingerprint density at radius 2 is 1.85 bits per heavy atom. The molecule has 1 fully saturated rings. The smallest absolute Gasteiger partial charge is 0.337 e. The fraction of sp³-hybridized carbons (Fsp3) is 0.281. The summed E-state index contributed by atoms with van der Waals surface area (Å²) in [6, 6.07) is 22.5. The number of aromatic nitrogens is 2. The van der Waals surface area contributed by atoms with Crippen LogP contribution in [0.2, 0.25) is 0 Å². The van der Waals surface area contributed by atoms with Crippen molar-refractivity contribution in [1.82, 2.24) is 9.72 Å². The fourth-order valence-corrected chi connectivity index (χ4v) is 6.16. The van der Waals surface area contributed by atoms with Gasteiger partial charge in [-0.2, -0.15) is 5.26 Å². The van der Waals surface area contributed by atoms with Crippen LogP contribution in [-0.4, -0.2) is 36.0 Å². The van der Waals surface area contributed by atoms with E-state index in [1.165, 1.54) is 12.7 Å².